The molecule has 0 N–H and O–H groups in total. The van der Waals surface area contributed by atoms with E-state index in [1.807, 2.05) is 0 Å². The molecule has 0 spiro atoms. The van der Waals surface area contributed by atoms with Crippen molar-refractivity contribution in [3.05, 3.63) is 70.6 Å². The minimum Gasteiger partial charge on any atom is -0.344 e. The molecular formula is C25H31N. The largest absolute Gasteiger partial charge is 0.344 e. The van der Waals surface area contributed by atoms with Crippen molar-refractivity contribution in [3.63, 3.8) is 0 Å². The molecule has 1 heterocycles. The minimum absolute atomic E-state index is 0.978. The fraction of sp³-hybridized carbons (Fsp3) is 0.440. The van der Waals surface area contributed by atoms with Gasteiger partial charge in [0.15, 0.2) is 0 Å². The first-order valence-corrected chi connectivity index (χ1v) is 10.4. The summed E-state index contributed by atoms with van der Waals surface area (Å²) in [6.07, 6.45) is 15.4. The molecule has 26 heavy (non-hydrogen) atoms. The van der Waals surface area contributed by atoms with Crippen molar-refractivity contribution in [2.24, 2.45) is 0 Å². The van der Waals surface area contributed by atoms with Crippen molar-refractivity contribution >= 4 is 11.1 Å². The molecule has 2 aromatic rings. The van der Waals surface area contributed by atoms with Crippen molar-refractivity contribution in [2.45, 2.75) is 71.8 Å². The van der Waals surface area contributed by atoms with Gasteiger partial charge in [0.05, 0.1) is 0 Å². The Hall–Kier alpha value is -2.02. The Morgan fingerprint density at radius 3 is 1.73 bits per heavy atom. The fourth-order valence-corrected chi connectivity index (χ4v) is 4.80. The van der Waals surface area contributed by atoms with Gasteiger partial charge in [-0.05, 0) is 81.9 Å². The molecule has 0 fully saturated rings. The third kappa shape index (κ3) is 3.32. The summed E-state index contributed by atoms with van der Waals surface area (Å²) in [5, 5.41) is 0. The van der Waals surface area contributed by atoms with Gasteiger partial charge in [0.2, 0.25) is 0 Å². The van der Waals surface area contributed by atoms with Crippen molar-refractivity contribution in [3.8, 4) is 0 Å². The first-order chi connectivity index (χ1) is 12.8. The summed E-state index contributed by atoms with van der Waals surface area (Å²) in [5.41, 5.74) is 10.6. The van der Waals surface area contributed by atoms with Gasteiger partial charge in [-0.15, -0.1) is 0 Å². The topological polar surface area (TPSA) is 4.93 Å². The lowest BCUT2D eigenvalue weighted by molar-refractivity contribution is 0.733. The predicted molar refractivity (Wildman–Crippen MR) is 112 cm³/mol. The van der Waals surface area contributed by atoms with Gasteiger partial charge in [0.1, 0.15) is 0 Å². The summed E-state index contributed by atoms with van der Waals surface area (Å²) in [5.74, 6) is 0. The Morgan fingerprint density at radius 2 is 1.27 bits per heavy atom. The zero-order chi connectivity index (χ0) is 17.9. The number of benzene rings is 1. The quantitative estimate of drug-likeness (QED) is 0.558. The molecule has 1 nitrogen and oxygen atoms in total. The van der Waals surface area contributed by atoms with Crippen molar-refractivity contribution < 1.29 is 0 Å². The highest BCUT2D eigenvalue weighted by Crippen LogP contribution is 2.40. The Labute approximate surface area is 158 Å². The molecule has 0 aliphatic heterocycles. The number of aromatic nitrogens is 1. The number of rotatable bonds is 4. The summed E-state index contributed by atoms with van der Waals surface area (Å²) in [6.45, 7) is 5.66. The van der Waals surface area contributed by atoms with Gasteiger partial charge in [-0.25, -0.2) is 0 Å². The van der Waals surface area contributed by atoms with Crippen LogP contribution in [-0.2, 0) is 6.54 Å². The molecule has 2 aliphatic rings. The van der Waals surface area contributed by atoms with Crippen LogP contribution in [0.3, 0.4) is 0 Å². The Balaban J connectivity index is 1.84. The molecule has 4 rings (SSSR count). The fourth-order valence-electron chi connectivity index (χ4n) is 4.80. The average Bonchev–Trinajstić information content (AvgIpc) is 2.95. The maximum Gasteiger partial charge on any atom is 0.0475 e. The smallest absolute Gasteiger partial charge is 0.0475 e. The lowest BCUT2D eigenvalue weighted by Gasteiger charge is -2.18. The SMILES string of the molecule is Cc1c(C2=CCCCC2)c(C2=CCCCC2)c(C)n1Cc1ccccc1. The van der Waals surface area contributed by atoms with Crippen LogP contribution in [-0.4, -0.2) is 4.57 Å². The van der Waals surface area contributed by atoms with Gasteiger partial charge in [0.25, 0.3) is 0 Å². The van der Waals surface area contributed by atoms with Crippen LogP contribution in [0.1, 0.15) is 79.4 Å². The standard InChI is InChI=1S/C25H31N/c1-19-24(22-14-8-4-9-15-22)25(23-16-10-5-11-17-23)20(2)26(19)18-21-12-6-3-7-13-21/h3,6-7,12-14,16H,4-5,8-11,15,17-18H2,1-2H3. The highest BCUT2D eigenvalue weighted by molar-refractivity contribution is 5.83. The predicted octanol–water partition coefficient (Wildman–Crippen LogP) is 7.07. The number of allylic oxidation sites excluding steroid dienone is 4. The van der Waals surface area contributed by atoms with Gasteiger partial charge in [-0.2, -0.15) is 0 Å². The molecule has 2 aliphatic carbocycles. The first-order valence-electron chi connectivity index (χ1n) is 10.4. The van der Waals surface area contributed by atoms with E-state index in [-0.39, 0.29) is 0 Å². The lowest BCUT2D eigenvalue weighted by Crippen LogP contribution is -2.04. The lowest BCUT2D eigenvalue weighted by atomic mass is 9.85. The maximum atomic E-state index is 2.56. The maximum absolute atomic E-state index is 2.56. The average molecular weight is 346 g/mol. The van der Waals surface area contributed by atoms with Crippen LogP contribution in [0, 0.1) is 13.8 Å². The van der Waals surface area contributed by atoms with E-state index in [2.05, 4.69) is 60.9 Å². The normalized spacial score (nSPS) is 17.8. The minimum atomic E-state index is 0.978. The Morgan fingerprint density at radius 1 is 0.731 bits per heavy atom. The van der Waals surface area contributed by atoms with Gasteiger partial charge < -0.3 is 4.57 Å². The molecule has 0 saturated carbocycles. The Bertz CT molecular complexity index is 783. The molecule has 0 atom stereocenters. The van der Waals surface area contributed by atoms with Gasteiger partial charge in [-0.3, -0.25) is 0 Å². The highest BCUT2D eigenvalue weighted by Gasteiger charge is 2.24. The van der Waals surface area contributed by atoms with Crippen LogP contribution in [0.2, 0.25) is 0 Å². The third-order valence-corrected chi connectivity index (χ3v) is 6.19. The summed E-state index contributed by atoms with van der Waals surface area (Å²) < 4.78 is 2.56. The van der Waals surface area contributed by atoms with Crippen LogP contribution in [0.5, 0.6) is 0 Å². The zero-order valence-corrected chi connectivity index (χ0v) is 16.4. The third-order valence-electron chi connectivity index (χ3n) is 6.19. The van der Waals surface area contributed by atoms with E-state index in [9.17, 15) is 0 Å². The summed E-state index contributed by atoms with van der Waals surface area (Å²) in [7, 11) is 0. The van der Waals surface area contributed by atoms with Gasteiger partial charge in [0, 0.05) is 29.1 Å². The summed E-state index contributed by atoms with van der Waals surface area (Å²) in [4.78, 5) is 0. The molecule has 136 valence electrons. The molecule has 0 radical (unpaired) electrons. The number of hydrogen-bond donors (Lipinski definition) is 0. The molecule has 0 bridgehead atoms. The van der Waals surface area contributed by atoms with Crippen molar-refractivity contribution in [1.82, 2.24) is 4.57 Å². The molecule has 0 unspecified atom stereocenters. The van der Waals surface area contributed by atoms with E-state index in [0.717, 1.165) is 6.54 Å². The first kappa shape index (κ1) is 17.4. The number of nitrogens with zero attached hydrogens (tertiary/aromatic N) is 1. The van der Waals surface area contributed by atoms with Gasteiger partial charge >= 0.3 is 0 Å². The van der Waals surface area contributed by atoms with Crippen molar-refractivity contribution in [2.75, 3.05) is 0 Å². The molecule has 0 saturated heterocycles. The second-order valence-electron chi connectivity index (χ2n) is 7.94. The van der Waals surface area contributed by atoms with Crippen LogP contribution in [0.4, 0.5) is 0 Å². The molecule has 1 heteroatoms. The second kappa shape index (κ2) is 7.70. The van der Waals surface area contributed by atoms with Crippen LogP contribution in [0.15, 0.2) is 42.5 Å². The molecule has 0 amide bonds. The zero-order valence-electron chi connectivity index (χ0n) is 16.4. The Kier molecular flexibility index (Phi) is 5.15. The van der Waals surface area contributed by atoms with E-state index in [0.29, 0.717) is 0 Å². The van der Waals surface area contributed by atoms with Crippen molar-refractivity contribution in [1.29, 1.82) is 0 Å². The molecule has 1 aromatic heterocycles. The molecular weight excluding hydrogens is 314 g/mol. The van der Waals surface area contributed by atoms with E-state index in [1.165, 1.54) is 68.3 Å². The highest BCUT2D eigenvalue weighted by atomic mass is 15.0. The van der Waals surface area contributed by atoms with Gasteiger partial charge in [-0.1, -0.05) is 42.5 Å². The monoisotopic (exact) mass is 345 g/mol. The number of hydrogen-bond acceptors (Lipinski definition) is 0. The van der Waals surface area contributed by atoms with E-state index >= 15 is 0 Å². The summed E-state index contributed by atoms with van der Waals surface area (Å²) >= 11 is 0. The molecule has 1 aromatic carbocycles. The van der Waals surface area contributed by atoms with E-state index in [1.54, 1.807) is 22.3 Å². The second-order valence-corrected chi connectivity index (χ2v) is 7.94. The van der Waals surface area contributed by atoms with Crippen LogP contribution in [0.25, 0.3) is 11.1 Å². The summed E-state index contributed by atoms with van der Waals surface area (Å²) in [6, 6.07) is 10.9. The van der Waals surface area contributed by atoms with E-state index < -0.39 is 0 Å². The van der Waals surface area contributed by atoms with Crippen LogP contribution < -0.4 is 0 Å². The van der Waals surface area contributed by atoms with Crippen LogP contribution >= 0.6 is 0 Å². The van der Waals surface area contributed by atoms with E-state index in [4.69, 9.17) is 0 Å².